The molecular weight excluding hydrogens is 712 g/mol. The number of hydrogen-bond acceptors (Lipinski definition) is 4. The third kappa shape index (κ3) is 15.2. The van der Waals surface area contributed by atoms with Gasteiger partial charge in [-0.15, -0.1) is 59.3 Å². The molecule has 52 heavy (non-hydrogen) atoms. The van der Waals surface area contributed by atoms with Crippen LogP contribution in [0.4, 0.5) is 22.7 Å². The van der Waals surface area contributed by atoms with Crippen LogP contribution in [0.5, 0.6) is 0 Å². The van der Waals surface area contributed by atoms with Crippen molar-refractivity contribution in [1.29, 1.82) is 0 Å². The van der Waals surface area contributed by atoms with Gasteiger partial charge in [0.05, 0.1) is 0 Å². The molecule has 0 aliphatic carbocycles. The summed E-state index contributed by atoms with van der Waals surface area (Å²) in [5, 5.41) is 18.7. The molecule has 5 heteroatoms. The first-order valence-corrected chi connectivity index (χ1v) is 19.3. The SMILES string of the molecule is [CH2]=[Zr+2].c1ccc(NCCNc2ccccc2)cc1.c1ccc(NCCNc2ccccc2)cc1.c1ccc2[cH-]ccc2c1.c1ccc2[cH-]ccc2c1. The molecule has 0 saturated heterocycles. The van der Waals surface area contributed by atoms with Crippen LogP contribution in [-0.4, -0.2) is 30.4 Å². The van der Waals surface area contributed by atoms with Crippen LogP contribution in [0.1, 0.15) is 0 Å². The van der Waals surface area contributed by atoms with Crippen molar-refractivity contribution in [3.8, 4) is 0 Å². The molecule has 0 saturated carbocycles. The average Bonchev–Trinajstić information content (AvgIpc) is 3.92. The minimum Gasteiger partial charge on any atom is -0.383 e. The van der Waals surface area contributed by atoms with E-state index in [-0.39, 0.29) is 0 Å². The first-order valence-electron chi connectivity index (χ1n) is 17.6. The Morgan fingerprint density at radius 2 is 0.577 bits per heavy atom. The first kappa shape index (κ1) is 39.3. The molecule has 0 fully saturated rings. The molecule has 0 radical (unpaired) electrons. The van der Waals surface area contributed by atoms with E-state index in [1.165, 1.54) is 45.8 Å². The molecule has 4 N–H and O–H groups in total. The van der Waals surface area contributed by atoms with E-state index in [0.29, 0.717) is 0 Å². The fraction of sp³-hybridized carbons (Fsp3) is 0.0851. The molecule has 0 unspecified atom stereocenters. The zero-order valence-electron chi connectivity index (χ0n) is 29.7. The number of nitrogens with one attached hydrogen (secondary N) is 4. The maximum Gasteiger partial charge on any atom is 0.0340 e. The number of hydrogen-bond donors (Lipinski definition) is 4. The Labute approximate surface area is 324 Å². The van der Waals surface area contributed by atoms with Crippen molar-refractivity contribution in [1.82, 2.24) is 0 Å². The van der Waals surface area contributed by atoms with Crippen LogP contribution in [0, 0.1) is 0 Å². The van der Waals surface area contributed by atoms with Gasteiger partial charge in [-0.1, -0.05) is 84.9 Å². The Morgan fingerprint density at radius 1 is 0.327 bits per heavy atom. The topological polar surface area (TPSA) is 48.1 Å². The van der Waals surface area contributed by atoms with Crippen LogP contribution in [0.25, 0.3) is 21.5 Å². The maximum absolute atomic E-state index is 3.35. The van der Waals surface area contributed by atoms with E-state index in [2.05, 4.69) is 159 Å². The summed E-state index contributed by atoms with van der Waals surface area (Å²) in [6.45, 7) is 3.66. The van der Waals surface area contributed by atoms with Gasteiger partial charge in [0.25, 0.3) is 0 Å². The Kier molecular flexibility index (Phi) is 18.6. The van der Waals surface area contributed by atoms with Crippen LogP contribution < -0.4 is 21.3 Å². The van der Waals surface area contributed by atoms with Gasteiger partial charge in [0.2, 0.25) is 0 Å². The van der Waals surface area contributed by atoms with Gasteiger partial charge in [-0.05, 0) is 48.5 Å². The van der Waals surface area contributed by atoms with Crippen molar-refractivity contribution < 1.29 is 24.2 Å². The van der Waals surface area contributed by atoms with E-state index in [4.69, 9.17) is 0 Å². The second-order valence-corrected chi connectivity index (χ2v) is 11.5. The zero-order valence-corrected chi connectivity index (χ0v) is 32.1. The number of rotatable bonds is 10. The van der Waals surface area contributed by atoms with Crippen molar-refractivity contribution in [2.75, 3.05) is 47.4 Å². The van der Waals surface area contributed by atoms with E-state index >= 15 is 0 Å². The second kappa shape index (κ2) is 24.6. The third-order valence-electron chi connectivity index (χ3n) is 7.76. The molecule has 260 valence electrons. The molecule has 0 aliphatic rings. The van der Waals surface area contributed by atoms with Gasteiger partial charge < -0.3 is 21.3 Å². The Bertz CT molecular complexity index is 1730. The maximum atomic E-state index is 3.35. The molecule has 0 aliphatic heterocycles. The van der Waals surface area contributed by atoms with Crippen molar-refractivity contribution in [3.63, 3.8) is 0 Å². The van der Waals surface area contributed by atoms with Gasteiger partial charge in [0.15, 0.2) is 0 Å². The zero-order chi connectivity index (χ0) is 36.3. The summed E-state index contributed by atoms with van der Waals surface area (Å²) in [6, 6.07) is 70.3. The fourth-order valence-electron chi connectivity index (χ4n) is 5.19. The largest absolute Gasteiger partial charge is 0.383 e. The van der Waals surface area contributed by atoms with Crippen LogP contribution in [0.15, 0.2) is 206 Å². The van der Waals surface area contributed by atoms with E-state index < -0.39 is 0 Å². The third-order valence-corrected chi connectivity index (χ3v) is 7.76. The predicted octanol–water partition coefficient (Wildman–Crippen LogP) is 11.5. The molecule has 0 spiro atoms. The number of fused-ring (bicyclic) bond motifs is 2. The Morgan fingerprint density at radius 3 is 0.846 bits per heavy atom. The Balaban J connectivity index is 0.000000157. The standard InChI is InChI=1S/2C14H16N2.2C9H7.CH2.Zr/c2*1-3-7-13(8-4-1)15-11-12-16-14-9-5-2-6-10-14;2*1-2-5-9-7-3-6-8(9)4-1;;/h2*1-10,15-16H,11-12H2;2*1-7H;1H2;/q;;2*-1;;+2. The summed E-state index contributed by atoms with van der Waals surface area (Å²) in [4.78, 5) is 0. The van der Waals surface area contributed by atoms with Crippen molar-refractivity contribution in [3.05, 3.63) is 206 Å². The molecule has 8 aromatic rings. The Hall–Kier alpha value is -5.51. The minimum absolute atomic E-state index is 0.916. The molecule has 0 heterocycles. The summed E-state index contributed by atoms with van der Waals surface area (Å²) in [5.74, 6) is 0. The normalized spacial score (nSPS) is 9.65. The van der Waals surface area contributed by atoms with Gasteiger partial charge in [0, 0.05) is 48.9 Å². The predicted molar refractivity (Wildman–Crippen MR) is 226 cm³/mol. The molecule has 0 bridgehead atoms. The summed E-state index contributed by atoms with van der Waals surface area (Å²) < 4.78 is 3.34. The summed E-state index contributed by atoms with van der Waals surface area (Å²) >= 11 is 1.30. The van der Waals surface area contributed by atoms with E-state index in [0.717, 1.165) is 48.9 Å². The molecular formula is C47H48N4Zr. The molecule has 4 nitrogen and oxygen atoms in total. The molecule has 0 amide bonds. The van der Waals surface area contributed by atoms with Gasteiger partial charge in [0.1, 0.15) is 0 Å². The number of anilines is 4. The summed E-state index contributed by atoms with van der Waals surface area (Å²) in [6.07, 6.45) is 0. The molecule has 0 atom stereocenters. The van der Waals surface area contributed by atoms with Crippen LogP contribution in [-0.2, 0) is 24.2 Å². The van der Waals surface area contributed by atoms with Gasteiger partial charge in [-0.2, -0.15) is 35.0 Å². The second-order valence-electron chi connectivity index (χ2n) is 11.5. The average molecular weight is 760 g/mol. The molecule has 0 aromatic heterocycles. The molecule has 8 aromatic carbocycles. The van der Waals surface area contributed by atoms with Crippen molar-refractivity contribution >= 4 is 48.5 Å². The summed E-state index contributed by atoms with van der Waals surface area (Å²) in [5.41, 5.74) is 4.66. The van der Waals surface area contributed by atoms with Gasteiger partial charge in [-0.25, -0.2) is 0 Å². The van der Waals surface area contributed by atoms with Crippen LogP contribution in [0.2, 0.25) is 0 Å². The van der Waals surface area contributed by atoms with E-state index in [1.807, 2.05) is 72.8 Å². The van der Waals surface area contributed by atoms with E-state index in [9.17, 15) is 0 Å². The van der Waals surface area contributed by atoms with Crippen molar-refractivity contribution in [2.45, 2.75) is 0 Å². The quantitative estimate of drug-likeness (QED) is 0.0828. The van der Waals surface area contributed by atoms with Gasteiger partial charge >= 0.3 is 28.4 Å². The minimum atomic E-state index is 0.916. The van der Waals surface area contributed by atoms with E-state index in [1.54, 1.807) is 0 Å². The van der Waals surface area contributed by atoms with Crippen molar-refractivity contribution in [2.24, 2.45) is 0 Å². The van der Waals surface area contributed by atoms with Crippen LogP contribution >= 0.6 is 0 Å². The first-order chi connectivity index (χ1) is 25.8. The molecule has 8 rings (SSSR count). The number of benzene rings is 6. The van der Waals surface area contributed by atoms with Crippen LogP contribution in [0.3, 0.4) is 0 Å². The van der Waals surface area contributed by atoms with Gasteiger partial charge in [-0.3, -0.25) is 0 Å². The smallest absolute Gasteiger partial charge is 0.0340 e. The monoisotopic (exact) mass is 758 g/mol. The summed E-state index contributed by atoms with van der Waals surface area (Å²) in [7, 11) is 0. The number of para-hydroxylation sites is 4. The fourth-order valence-corrected chi connectivity index (χ4v) is 5.19.